The zero-order valence-electron chi connectivity index (χ0n) is 13.9. The number of nitriles is 1. The Labute approximate surface area is 156 Å². The van der Waals surface area contributed by atoms with E-state index in [4.69, 9.17) is 32.7 Å². The lowest BCUT2D eigenvalue weighted by molar-refractivity contribution is -0.119. The van der Waals surface area contributed by atoms with Crippen LogP contribution in [0.4, 0.5) is 0 Å². The summed E-state index contributed by atoms with van der Waals surface area (Å²) >= 11 is 12.0. The monoisotopic (exact) mass is 377 g/mol. The molecule has 4 nitrogen and oxygen atoms in total. The fourth-order valence-corrected chi connectivity index (χ4v) is 2.78. The molecule has 2 aromatic carbocycles. The number of rotatable bonds is 7. The molecule has 1 unspecified atom stereocenters. The standard InChI is InChI=1S/C19H17Cl2NO3/c1-3-17(23)15(10-22)12-5-7-18(19(8-12)24-2)25-11-13-4-6-14(20)9-16(13)21/h4-9,15H,3,11H2,1-2H3. The molecule has 2 rings (SSSR count). The van der Waals surface area contributed by atoms with Crippen LogP contribution in [0.2, 0.25) is 10.0 Å². The predicted octanol–water partition coefficient (Wildman–Crippen LogP) is 5.17. The highest BCUT2D eigenvalue weighted by atomic mass is 35.5. The van der Waals surface area contributed by atoms with Crippen LogP contribution >= 0.6 is 23.2 Å². The number of carbonyl (C=O) groups excluding carboxylic acids is 1. The van der Waals surface area contributed by atoms with Gasteiger partial charge in [0.1, 0.15) is 12.5 Å². The van der Waals surface area contributed by atoms with Crippen LogP contribution < -0.4 is 9.47 Å². The smallest absolute Gasteiger partial charge is 0.161 e. The molecule has 0 saturated carbocycles. The van der Waals surface area contributed by atoms with Gasteiger partial charge in [-0.25, -0.2) is 0 Å². The van der Waals surface area contributed by atoms with E-state index in [9.17, 15) is 10.1 Å². The molecule has 25 heavy (non-hydrogen) atoms. The first-order valence-corrected chi connectivity index (χ1v) is 8.42. The normalized spacial score (nSPS) is 11.5. The minimum atomic E-state index is -0.807. The van der Waals surface area contributed by atoms with Gasteiger partial charge >= 0.3 is 0 Å². The van der Waals surface area contributed by atoms with E-state index in [-0.39, 0.29) is 12.4 Å². The summed E-state index contributed by atoms with van der Waals surface area (Å²) in [5.74, 6) is 0.00877. The van der Waals surface area contributed by atoms with Gasteiger partial charge in [-0.3, -0.25) is 4.79 Å². The highest BCUT2D eigenvalue weighted by molar-refractivity contribution is 6.35. The molecule has 1 atom stereocenters. The van der Waals surface area contributed by atoms with E-state index < -0.39 is 5.92 Å². The molecule has 6 heteroatoms. The van der Waals surface area contributed by atoms with E-state index in [1.807, 2.05) is 6.07 Å². The van der Waals surface area contributed by atoms with Crippen molar-refractivity contribution >= 4 is 29.0 Å². The van der Waals surface area contributed by atoms with Crippen LogP contribution in [0.25, 0.3) is 0 Å². The Morgan fingerprint density at radius 2 is 1.96 bits per heavy atom. The largest absolute Gasteiger partial charge is 0.493 e. The number of ketones is 1. The maximum absolute atomic E-state index is 11.9. The summed E-state index contributed by atoms with van der Waals surface area (Å²) in [6, 6.07) is 12.2. The number of benzene rings is 2. The van der Waals surface area contributed by atoms with Crippen molar-refractivity contribution in [2.24, 2.45) is 0 Å². The average molecular weight is 378 g/mol. The number of methoxy groups -OCH3 is 1. The minimum Gasteiger partial charge on any atom is -0.493 e. The van der Waals surface area contributed by atoms with Gasteiger partial charge < -0.3 is 9.47 Å². The lowest BCUT2D eigenvalue weighted by Gasteiger charge is -2.14. The Kier molecular flexibility index (Phi) is 6.69. The lowest BCUT2D eigenvalue weighted by Crippen LogP contribution is -2.09. The Balaban J connectivity index is 2.22. The lowest BCUT2D eigenvalue weighted by atomic mass is 9.94. The zero-order chi connectivity index (χ0) is 18.4. The number of hydrogen-bond acceptors (Lipinski definition) is 4. The van der Waals surface area contributed by atoms with Crippen LogP contribution in [0.5, 0.6) is 11.5 Å². The molecule has 0 heterocycles. The third-order valence-electron chi connectivity index (χ3n) is 3.72. The van der Waals surface area contributed by atoms with E-state index in [0.29, 0.717) is 33.5 Å². The van der Waals surface area contributed by atoms with Crippen molar-refractivity contribution in [3.63, 3.8) is 0 Å². The van der Waals surface area contributed by atoms with Crippen LogP contribution in [0.3, 0.4) is 0 Å². The Morgan fingerprint density at radius 1 is 1.20 bits per heavy atom. The number of ether oxygens (including phenoxy) is 2. The summed E-state index contributed by atoms with van der Waals surface area (Å²) < 4.78 is 11.1. The molecule has 2 aromatic rings. The molecule has 0 radical (unpaired) electrons. The van der Waals surface area contributed by atoms with Crippen molar-refractivity contribution in [1.29, 1.82) is 5.26 Å². The summed E-state index contributed by atoms with van der Waals surface area (Å²) in [4.78, 5) is 11.9. The van der Waals surface area contributed by atoms with Crippen LogP contribution in [0.15, 0.2) is 36.4 Å². The molecule has 0 bridgehead atoms. The molecule has 0 aliphatic rings. The van der Waals surface area contributed by atoms with Crippen molar-refractivity contribution in [2.75, 3.05) is 7.11 Å². The second kappa shape index (κ2) is 8.75. The Bertz CT molecular complexity index is 815. The molecule has 0 aliphatic carbocycles. The van der Waals surface area contributed by atoms with Crippen molar-refractivity contribution < 1.29 is 14.3 Å². The summed E-state index contributed by atoms with van der Waals surface area (Å²) in [6.45, 7) is 1.97. The SMILES string of the molecule is CCC(=O)C(C#N)c1ccc(OCc2ccc(Cl)cc2Cl)c(OC)c1. The second-order valence-electron chi connectivity index (χ2n) is 5.32. The average Bonchev–Trinajstić information content (AvgIpc) is 2.61. The van der Waals surface area contributed by atoms with Crippen molar-refractivity contribution in [2.45, 2.75) is 25.9 Å². The first-order chi connectivity index (χ1) is 12.0. The second-order valence-corrected chi connectivity index (χ2v) is 6.16. The highest BCUT2D eigenvalue weighted by Crippen LogP contribution is 2.32. The Morgan fingerprint density at radius 3 is 2.56 bits per heavy atom. The quantitative estimate of drug-likeness (QED) is 0.667. The third-order valence-corrected chi connectivity index (χ3v) is 4.31. The fourth-order valence-electron chi connectivity index (χ4n) is 2.31. The van der Waals surface area contributed by atoms with Crippen molar-refractivity contribution in [3.8, 4) is 17.6 Å². The molecule has 0 aromatic heterocycles. The summed E-state index contributed by atoms with van der Waals surface area (Å²) in [5, 5.41) is 10.3. The molecule has 0 amide bonds. The number of carbonyl (C=O) groups is 1. The maximum Gasteiger partial charge on any atom is 0.161 e. The topological polar surface area (TPSA) is 59.3 Å². The van der Waals surface area contributed by atoms with E-state index in [1.165, 1.54) is 7.11 Å². The molecular weight excluding hydrogens is 361 g/mol. The fraction of sp³-hybridized carbons (Fsp3) is 0.263. The van der Waals surface area contributed by atoms with Gasteiger partial charge in [0.25, 0.3) is 0 Å². The van der Waals surface area contributed by atoms with Crippen molar-refractivity contribution in [1.82, 2.24) is 0 Å². The Hall–Kier alpha value is -2.22. The van der Waals surface area contributed by atoms with Gasteiger partial charge in [0.05, 0.1) is 13.2 Å². The highest BCUT2D eigenvalue weighted by Gasteiger charge is 2.20. The van der Waals surface area contributed by atoms with Gasteiger partial charge in [0.15, 0.2) is 17.3 Å². The molecule has 0 N–H and O–H groups in total. The van der Waals surface area contributed by atoms with Crippen LogP contribution in [-0.4, -0.2) is 12.9 Å². The first-order valence-electron chi connectivity index (χ1n) is 7.67. The number of halogens is 2. The van der Waals surface area contributed by atoms with Gasteiger partial charge in [-0.05, 0) is 29.8 Å². The van der Waals surface area contributed by atoms with E-state index in [2.05, 4.69) is 0 Å². The molecule has 130 valence electrons. The van der Waals surface area contributed by atoms with Crippen molar-refractivity contribution in [3.05, 3.63) is 57.6 Å². The van der Waals surface area contributed by atoms with Gasteiger partial charge in [-0.1, -0.05) is 42.3 Å². The molecule has 0 saturated heterocycles. The third kappa shape index (κ3) is 4.66. The summed E-state index contributed by atoms with van der Waals surface area (Å²) in [7, 11) is 1.50. The first kappa shape index (κ1) is 19.1. The van der Waals surface area contributed by atoms with E-state index in [1.54, 1.807) is 43.3 Å². The van der Waals surface area contributed by atoms with Crippen LogP contribution in [-0.2, 0) is 11.4 Å². The molecule has 0 aliphatic heterocycles. The molecule has 0 fully saturated rings. The van der Waals surface area contributed by atoms with E-state index >= 15 is 0 Å². The van der Waals surface area contributed by atoms with Crippen LogP contribution in [0, 0.1) is 11.3 Å². The number of hydrogen-bond donors (Lipinski definition) is 0. The summed E-state index contributed by atoms with van der Waals surface area (Å²) in [6.07, 6.45) is 0.299. The zero-order valence-corrected chi connectivity index (χ0v) is 15.4. The molecular formula is C19H17Cl2NO3. The van der Waals surface area contributed by atoms with Gasteiger partial charge in [-0.15, -0.1) is 0 Å². The predicted molar refractivity (Wildman–Crippen MR) is 97.4 cm³/mol. The van der Waals surface area contributed by atoms with Gasteiger partial charge in [-0.2, -0.15) is 5.26 Å². The number of nitrogens with zero attached hydrogens (tertiary/aromatic N) is 1. The van der Waals surface area contributed by atoms with Crippen LogP contribution in [0.1, 0.15) is 30.4 Å². The van der Waals surface area contributed by atoms with Gasteiger partial charge in [0, 0.05) is 22.0 Å². The molecule has 0 spiro atoms. The minimum absolute atomic E-state index is 0.133. The number of Topliss-reactive ketones (excluding diaryl/α,β-unsaturated/α-hetero) is 1. The maximum atomic E-state index is 11.9. The summed E-state index contributed by atoms with van der Waals surface area (Å²) in [5.41, 5.74) is 1.37. The van der Waals surface area contributed by atoms with Gasteiger partial charge in [0.2, 0.25) is 0 Å². The van der Waals surface area contributed by atoms with E-state index in [0.717, 1.165) is 5.56 Å².